The predicted molar refractivity (Wildman–Crippen MR) is 79.2 cm³/mol. The quantitative estimate of drug-likeness (QED) is 0.880. The van der Waals surface area contributed by atoms with Crippen molar-refractivity contribution >= 4 is 11.3 Å². The van der Waals surface area contributed by atoms with Crippen LogP contribution >= 0.6 is 11.3 Å². The Kier molecular flexibility index (Phi) is 4.69. The van der Waals surface area contributed by atoms with Gasteiger partial charge in [0.15, 0.2) is 0 Å². The molecule has 19 heavy (non-hydrogen) atoms. The van der Waals surface area contributed by atoms with E-state index < -0.39 is 0 Å². The molecule has 0 saturated carbocycles. The second-order valence-electron chi connectivity index (χ2n) is 4.82. The molecule has 0 spiro atoms. The molecule has 0 saturated heterocycles. The van der Waals surface area contributed by atoms with Crippen molar-refractivity contribution in [3.8, 4) is 0 Å². The van der Waals surface area contributed by atoms with Crippen LogP contribution in [-0.4, -0.2) is 10.1 Å². The van der Waals surface area contributed by atoms with E-state index in [1.165, 1.54) is 10.4 Å². The van der Waals surface area contributed by atoms with Crippen LogP contribution in [0.1, 0.15) is 46.9 Å². The first-order chi connectivity index (χ1) is 9.10. The lowest BCUT2D eigenvalue weighted by molar-refractivity contribution is 0.281. The average molecular weight is 276 g/mol. The van der Waals surface area contributed by atoms with E-state index in [2.05, 4.69) is 37.1 Å². The Morgan fingerprint density at radius 3 is 2.74 bits per heavy atom. The molecule has 3 nitrogen and oxygen atoms in total. The summed E-state index contributed by atoms with van der Waals surface area (Å²) in [6.07, 6.45) is 1.91. The molecule has 2 rings (SSSR count). The van der Waals surface area contributed by atoms with Gasteiger partial charge in [-0.3, -0.25) is 0 Å². The lowest BCUT2D eigenvalue weighted by Crippen LogP contribution is -2.22. The minimum absolute atomic E-state index is 0.0851. The number of aliphatic hydroxyl groups is 1. The fraction of sp³-hybridized carbons (Fsp3) is 0.400. The van der Waals surface area contributed by atoms with Crippen LogP contribution in [0.2, 0.25) is 0 Å². The SMILES string of the molecule is Cc1cnc(C(C)NC(C)c2cccc(CO)c2)s1. The Labute approximate surface area is 118 Å². The number of rotatable bonds is 5. The number of thiazole rings is 1. The van der Waals surface area contributed by atoms with Gasteiger partial charge in [0.05, 0.1) is 12.6 Å². The van der Waals surface area contributed by atoms with Gasteiger partial charge in [-0.05, 0) is 31.9 Å². The summed E-state index contributed by atoms with van der Waals surface area (Å²) in [4.78, 5) is 5.65. The van der Waals surface area contributed by atoms with Crippen LogP contribution in [0.15, 0.2) is 30.5 Å². The number of nitrogens with zero attached hydrogens (tertiary/aromatic N) is 1. The summed E-state index contributed by atoms with van der Waals surface area (Å²) in [5.74, 6) is 0. The van der Waals surface area contributed by atoms with Crippen LogP contribution < -0.4 is 5.32 Å². The molecule has 1 heterocycles. The van der Waals surface area contributed by atoms with Crippen molar-refractivity contribution in [3.05, 3.63) is 51.5 Å². The fourth-order valence-corrected chi connectivity index (χ4v) is 2.86. The van der Waals surface area contributed by atoms with Gasteiger partial charge in [0.2, 0.25) is 0 Å². The van der Waals surface area contributed by atoms with Gasteiger partial charge in [-0.1, -0.05) is 24.3 Å². The zero-order valence-corrected chi connectivity index (χ0v) is 12.4. The van der Waals surface area contributed by atoms with Crippen molar-refractivity contribution < 1.29 is 5.11 Å². The first-order valence-corrected chi connectivity index (χ1v) is 7.30. The van der Waals surface area contributed by atoms with E-state index in [9.17, 15) is 5.11 Å². The highest BCUT2D eigenvalue weighted by atomic mass is 32.1. The van der Waals surface area contributed by atoms with E-state index in [0.29, 0.717) is 0 Å². The van der Waals surface area contributed by atoms with Crippen LogP contribution in [0, 0.1) is 6.92 Å². The highest BCUT2D eigenvalue weighted by Crippen LogP contribution is 2.23. The molecule has 1 aromatic carbocycles. The van der Waals surface area contributed by atoms with E-state index in [1.807, 2.05) is 24.4 Å². The summed E-state index contributed by atoms with van der Waals surface area (Å²) in [6.45, 7) is 6.42. The van der Waals surface area contributed by atoms with Gasteiger partial charge in [0.25, 0.3) is 0 Å². The smallest absolute Gasteiger partial charge is 0.109 e. The maximum absolute atomic E-state index is 9.18. The number of aromatic nitrogens is 1. The van der Waals surface area contributed by atoms with Crippen LogP contribution in [0.25, 0.3) is 0 Å². The zero-order valence-electron chi connectivity index (χ0n) is 11.6. The topological polar surface area (TPSA) is 45.2 Å². The average Bonchev–Trinajstić information content (AvgIpc) is 2.85. The van der Waals surface area contributed by atoms with Crippen molar-refractivity contribution in [2.45, 2.75) is 39.5 Å². The molecule has 0 aliphatic heterocycles. The number of hydrogen-bond acceptors (Lipinski definition) is 4. The Morgan fingerprint density at radius 2 is 2.11 bits per heavy atom. The van der Waals surface area contributed by atoms with Crippen molar-refractivity contribution in [1.82, 2.24) is 10.3 Å². The van der Waals surface area contributed by atoms with Gasteiger partial charge in [-0.25, -0.2) is 4.98 Å². The highest BCUT2D eigenvalue weighted by molar-refractivity contribution is 7.11. The van der Waals surface area contributed by atoms with Crippen LogP contribution in [0.4, 0.5) is 0 Å². The molecule has 2 unspecified atom stereocenters. The van der Waals surface area contributed by atoms with E-state index >= 15 is 0 Å². The fourth-order valence-electron chi connectivity index (χ4n) is 2.08. The van der Waals surface area contributed by atoms with Gasteiger partial charge in [0.1, 0.15) is 5.01 Å². The van der Waals surface area contributed by atoms with Gasteiger partial charge in [-0.2, -0.15) is 0 Å². The predicted octanol–water partition coefficient (Wildman–Crippen LogP) is 3.36. The number of benzene rings is 1. The van der Waals surface area contributed by atoms with Gasteiger partial charge in [0, 0.05) is 17.1 Å². The maximum Gasteiger partial charge on any atom is 0.109 e. The molecular formula is C15H20N2OS. The molecule has 0 fully saturated rings. The Morgan fingerprint density at radius 1 is 1.32 bits per heavy atom. The normalized spacial score (nSPS) is 14.3. The van der Waals surface area contributed by atoms with Crippen molar-refractivity contribution in [3.63, 3.8) is 0 Å². The number of hydrogen-bond donors (Lipinski definition) is 2. The Bertz CT molecular complexity index is 538. The first-order valence-electron chi connectivity index (χ1n) is 6.48. The summed E-state index contributed by atoms with van der Waals surface area (Å²) < 4.78 is 0. The molecule has 2 N–H and O–H groups in total. The van der Waals surface area contributed by atoms with E-state index in [4.69, 9.17) is 0 Å². The summed E-state index contributed by atoms with van der Waals surface area (Å²) in [6, 6.07) is 8.49. The molecule has 4 heteroatoms. The maximum atomic E-state index is 9.18. The summed E-state index contributed by atoms with van der Waals surface area (Å²) >= 11 is 1.73. The number of aliphatic hydroxyl groups excluding tert-OH is 1. The summed E-state index contributed by atoms with van der Waals surface area (Å²) in [7, 11) is 0. The van der Waals surface area contributed by atoms with Crippen LogP contribution in [-0.2, 0) is 6.61 Å². The van der Waals surface area contributed by atoms with Gasteiger partial charge < -0.3 is 10.4 Å². The number of aryl methyl sites for hydroxylation is 1. The third-order valence-electron chi connectivity index (χ3n) is 3.14. The van der Waals surface area contributed by atoms with Gasteiger partial charge >= 0.3 is 0 Å². The molecule has 2 aromatic rings. The molecule has 1 aromatic heterocycles. The molecule has 0 amide bonds. The standard InChI is InChI=1S/C15H20N2OS/c1-10-8-16-15(19-10)12(3)17-11(2)14-6-4-5-13(7-14)9-18/h4-8,11-12,17-18H,9H2,1-3H3. The van der Waals surface area contributed by atoms with E-state index in [1.54, 1.807) is 11.3 Å². The lowest BCUT2D eigenvalue weighted by atomic mass is 10.0. The molecule has 0 aliphatic rings. The Balaban J connectivity index is 2.05. The largest absolute Gasteiger partial charge is 0.392 e. The lowest BCUT2D eigenvalue weighted by Gasteiger charge is -2.19. The summed E-state index contributed by atoms with van der Waals surface area (Å²) in [5, 5.41) is 13.8. The monoisotopic (exact) mass is 276 g/mol. The van der Waals surface area contributed by atoms with Crippen molar-refractivity contribution in [2.75, 3.05) is 0 Å². The van der Waals surface area contributed by atoms with Crippen molar-refractivity contribution in [1.29, 1.82) is 0 Å². The summed E-state index contributed by atoms with van der Waals surface area (Å²) in [5.41, 5.74) is 2.13. The highest BCUT2D eigenvalue weighted by Gasteiger charge is 2.13. The van der Waals surface area contributed by atoms with Crippen molar-refractivity contribution in [2.24, 2.45) is 0 Å². The molecular weight excluding hydrogens is 256 g/mol. The first kappa shape index (κ1) is 14.2. The zero-order chi connectivity index (χ0) is 13.8. The minimum Gasteiger partial charge on any atom is -0.392 e. The molecule has 102 valence electrons. The van der Waals surface area contributed by atoms with Crippen LogP contribution in [0.5, 0.6) is 0 Å². The molecule has 2 atom stereocenters. The molecule has 0 bridgehead atoms. The second kappa shape index (κ2) is 6.28. The Hall–Kier alpha value is -1.23. The third kappa shape index (κ3) is 3.62. The third-order valence-corrected chi connectivity index (χ3v) is 4.24. The second-order valence-corrected chi connectivity index (χ2v) is 6.09. The van der Waals surface area contributed by atoms with E-state index in [-0.39, 0.29) is 18.7 Å². The van der Waals surface area contributed by atoms with Crippen LogP contribution in [0.3, 0.4) is 0 Å². The number of nitrogens with one attached hydrogen (secondary N) is 1. The van der Waals surface area contributed by atoms with Gasteiger partial charge in [-0.15, -0.1) is 11.3 Å². The molecule has 0 aliphatic carbocycles. The minimum atomic E-state index is 0.0851. The molecule has 0 radical (unpaired) electrons. The van der Waals surface area contributed by atoms with E-state index in [0.717, 1.165) is 10.6 Å².